The third-order valence-electron chi connectivity index (χ3n) is 9.33. The molecule has 0 saturated heterocycles. The van der Waals surface area contributed by atoms with Gasteiger partial charge in [-0.1, -0.05) is 78.9 Å². The van der Waals surface area contributed by atoms with Crippen LogP contribution in [0.15, 0.2) is 92.0 Å². The smallest absolute Gasteiger partial charge is 0.336 e. The summed E-state index contributed by atoms with van der Waals surface area (Å²) in [6, 6.07) is 19.8. The Hall–Kier alpha value is -5.10. The average molecular weight is 875 g/mol. The molecule has 0 radical (unpaired) electrons. The maximum absolute atomic E-state index is 13.9. The zero-order valence-electron chi connectivity index (χ0n) is 37.9. The van der Waals surface area contributed by atoms with Gasteiger partial charge in [0.15, 0.2) is 0 Å². The third-order valence-corrected chi connectivity index (χ3v) is 11.7. The monoisotopic (exact) mass is 874 g/mol. The Labute approximate surface area is 367 Å². The van der Waals surface area contributed by atoms with Crippen LogP contribution in [0, 0.1) is 11.8 Å². The number of nitrogens with two attached hydrogens (primary N) is 1. The Morgan fingerprint density at radius 2 is 1.39 bits per heavy atom. The summed E-state index contributed by atoms with van der Waals surface area (Å²) in [6.07, 6.45) is 3.73. The first-order valence-corrected chi connectivity index (χ1v) is 22.7. The van der Waals surface area contributed by atoms with E-state index in [4.69, 9.17) is 19.5 Å². The van der Waals surface area contributed by atoms with Crippen LogP contribution in [0.4, 0.5) is 0 Å². The van der Waals surface area contributed by atoms with Gasteiger partial charge in [0.25, 0.3) is 0 Å². The molecule has 3 rings (SSSR count). The second kappa shape index (κ2) is 22.3. The van der Waals surface area contributed by atoms with Crippen molar-refractivity contribution in [2.24, 2.45) is 17.6 Å². The molecule has 0 saturated carbocycles. The van der Waals surface area contributed by atoms with E-state index in [1.165, 1.54) is 6.08 Å². The quantitative estimate of drug-likeness (QED) is 0.0443. The topological polar surface area (TPSA) is 192 Å². The van der Waals surface area contributed by atoms with Crippen molar-refractivity contribution >= 4 is 48.0 Å². The number of allylic oxidation sites excluding steroid dienone is 2. The molecule has 0 aliphatic heterocycles. The summed E-state index contributed by atoms with van der Waals surface area (Å²) in [5, 5.41) is 10.2. The Balaban J connectivity index is 1.76. The van der Waals surface area contributed by atoms with Gasteiger partial charge in [-0.25, -0.2) is 0 Å². The fourth-order valence-corrected chi connectivity index (χ4v) is 9.54. The third kappa shape index (κ3) is 17.7. The standard InChI is InChI=1S/C48H67N4O9P/c1-12-17-33(26-36-20-16-19-34-18-14-15-21-38(34)36)29-50-45(57)40(28-41(49)53)52-42(54)30-51-44(56)39(27-43(55)59-46(3,4)5)37(13-2)35-24-22-32(23-25-35)31-62(58,60-47(6,7)8)61-48(9,10)11/h12-16,18-25,33,37,39-40H,1-2,17,26-31H2,3-11H3,(H2,49,53)(H,50,57)(H,51,56)(H,52,54)/t33-,37+,39-,40-/m0/s1. The molecular formula is C48H67N4O9P. The number of carbonyl (C=O) groups excluding carboxylic acids is 5. The van der Waals surface area contributed by atoms with Crippen LogP contribution in [0.5, 0.6) is 0 Å². The zero-order valence-corrected chi connectivity index (χ0v) is 38.8. The zero-order chi connectivity index (χ0) is 46.5. The van der Waals surface area contributed by atoms with Crippen LogP contribution in [0.3, 0.4) is 0 Å². The number of hydrogen-bond donors (Lipinski definition) is 4. The number of carbonyl (C=O) groups is 5. The molecule has 4 atom stereocenters. The lowest BCUT2D eigenvalue weighted by Crippen LogP contribution is -2.52. The van der Waals surface area contributed by atoms with E-state index in [1.807, 2.05) is 36.4 Å². The van der Waals surface area contributed by atoms with E-state index in [0.717, 1.165) is 16.3 Å². The van der Waals surface area contributed by atoms with Gasteiger partial charge in [0.2, 0.25) is 23.6 Å². The van der Waals surface area contributed by atoms with Crippen molar-refractivity contribution in [2.45, 2.75) is 123 Å². The molecule has 14 heteroatoms. The molecular weight excluding hydrogens is 808 g/mol. The number of esters is 1. The Bertz CT molecular complexity index is 2070. The minimum Gasteiger partial charge on any atom is -0.460 e. The number of benzene rings is 3. The maximum Gasteiger partial charge on any atom is 0.336 e. The van der Waals surface area contributed by atoms with Crippen LogP contribution in [-0.2, 0) is 54.9 Å². The molecule has 62 heavy (non-hydrogen) atoms. The van der Waals surface area contributed by atoms with Gasteiger partial charge in [-0.15, -0.1) is 13.2 Å². The molecule has 0 unspecified atom stereocenters. The van der Waals surface area contributed by atoms with Crippen LogP contribution in [0.1, 0.15) is 104 Å². The van der Waals surface area contributed by atoms with Gasteiger partial charge >= 0.3 is 13.6 Å². The van der Waals surface area contributed by atoms with Crippen molar-refractivity contribution < 1.29 is 42.3 Å². The van der Waals surface area contributed by atoms with Crippen LogP contribution < -0.4 is 21.7 Å². The molecule has 5 N–H and O–H groups in total. The van der Waals surface area contributed by atoms with Gasteiger partial charge in [0.1, 0.15) is 11.6 Å². The van der Waals surface area contributed by atoms with Crippen LogP contribution in [-0.4, -0.2) is 65.5 Å². The second-order valence-electron chi connectivity index (χ2n) is 18.6. The summed E-state index contributed by atoms with van der Waals surface area (Å²) in [4.78, 5) is 65.9. The van der Waals surface area contributed by atoms with E-state index in [2.05, 4.69) is 35.2 Å². The fourth-order valence-electron chi connectivity index (χ4n) is 7.04. The van der Waals surface area contributed by atoms with Gasteiger partial charge in [-0.05, 0) is 109 Å². The lowest BCUT2D eigenvalue weighted by molar-refractivity contribution is -0.157. The predicted octanol–water partition coefficient (Wildman–Crippen LogP) is 7.81. The molecule has 0 aromatic heterocycles. The number of hydrogen-bond acceptors (Lipinski definition) is 9. The number of rotatable bonds is 22. The summed E-state index contributed by atoms with van der Waals surface area (Å²) in [7, 11) is -3.62. The first-order chi connectivity index (χ1) is 28.8. The summed E-state index contributed by atoms with van der Waals surface area (Å²) in [6.45, 7) is 23.4. The van der Waals surface area contributed by atoms with Crippen molar-refractivity contribution in [2.75, 3.05) is 13.1 Å². The van der Waals surface area contributed by atoms with Crippen LogP contribution in [0.25, 0.3) is 10.8 Å². The van der Waals surface area contributed by atoms with Crippen molar-refractivity contribution in [1.29, 1.82) is 0 Å². The first-order valence-electron chi connectivity index (χ1n) is 20.9. The molecule has 13 nitrogen and oxygen atoms in total. The highest BCUT2D eigenvalue weighted by molar-refractivity contribution is 7.53. The van der Waals surface area contributed by atoms with Gasteiger partial charge in [0.05, 0.1) is 42.7 Å². The minimum atomic E-state index is -3.62. The van der Waals surface area contributed by atoms with E-state index < -0.39 is 84.8 Å². The number of primary amides is 1. The molecule has 0 spiro atoms. The molecule has 3 aromatic rings. The number of ether oxygens (including phenoxy) is 1. The summed E-state index contributed by atoms with van der Waals surface area (Å²) in [5.74, 6) is -5.31. The van der Waals surface area contributed by atoms with E-state index in [1.54, 1.807) is 92.7 Å². The van der Waals surface area contributed by atoms with Crippen LogP contribution >= 0.6 is 7.60 Å². The molecule has 0 aliphatic carbocycles. The highest BCUT2D eigenvalue weighted by atomic mass is 31.2. The van der Waals surface area contributed by atoms with Gasteiger partial charge in [-0.2, -0.15) is 0 Å². The van der Waals surface area contributed by atoms with Gasteiger partial charge in [-0.3, -0.25) is 28.5 Å². The predicted molar refractivity (Wildman–Crippen MR) is 244 cm³/mol. The SMILES string of the molecule is C=CC[C@H](CNC(=O)[C@H](CC(N)=O)NC(=O)CNC(=O)[C@@H](CC(=O)OC(C)(C)C)[C@H](C=C)c1ccc(CP(=O)(OC(C)(C)C)OC(C)(C)C)cc1)Cc1cccc2ccccc12. The lowest BCUT2D eigenvalue weighted by atomic mass is 9.83. The summed E-state index contributed by atoms with van der Waals surface area (Å²) < 4.78 is 31.4. The summed E-state index contributed by atoms with van der Waals surface area (Å²) >= 11 is 0. The minimum absolute atomic E-state index is 0.00715. The number of nitrogens with one attached hydrogen (secondary N) is 3. The fraction of sp³-hybridized carbons (Fsp3) is 0.479. The second-order valence-corrected chi connectivity index (χ2v) is 20.5. The van der Waals surface area contributed by atoms with Crippen LogP contribution in [0.2, 0.25) is 0 Å². The average Bonchev–Trinajstić information content (AvgIpc) is 3.13. The molecule has 338 valence electrons. The molecule has 3 aromatic carbocycles. The van der Waals surface area contributed by atoms with E-state index in [-0.39, 0.29) is 25.0 Å². The van der Waals surface area contributed by atoms with E-state index >= 15 is 0 Å². The summed E-state index contributed by atoms with van der Waals surface area (Å²) in [5.41, 5.74) is 5.56. The van der Waals surface area contributed by atoms with Crippen molar-refractivity contribution in [3.05, 3.63) is 109 Å². The normalized spacial score (nSPS) is 14.1. The molecule has 0 fully saturated rings. The maximum atomic E-state index is 13.9. The lowest BCUT2D eigenvalue weighted by Gasteiger charge is -2.32. The molecule has 0 heterocycles. The molecule has 4 amide bonds. The molecule has 0 bridgehead atoms. The van der Waals surface area contributed by atoms with E-state index in [0.29, 0.717) is 24.0 Å². The van der Waals surface area contributed by atoms with Crippen molar-refractivity contribution in [3.63, 3.8) is 0 Å². The highest BCUT2D eigenvalue weighted by Gasteiger charge is 2.36. The Morgan fingerprint density at radius 1 is 0.774 bits per heavy atom. The van der Waals surface area contributed by atoms with Crippen molar-refractivity contribution in [1.82, 2.24) is 16.0 Å². The highest BCUT2D eigenvalue weighted by Crippen LogP contribution is 2.57. The van der Waals surface area contributed by atoms with Gasteiger partial charge < -0.3 is 35.5 Å². The molecule has 0 aliphatic rings. The number of fused-ring (bicyclic) bond motifs is 1. The van der Waals surface area contributed by atoms with E-state index in [9.17, 15) is 28.5 Å². The number of amides is 4. The first kappa shape index (κ1) is 51.3. The Morgan fingerprint density at radius 3 is 1.95 bits per heavy atom. The Kier molecular flexibility index (Phi) is 18.4. The van der Waals surface area contributed by atoms with Gasteiger partial charge in [0, 0.05) is 12.5 Å². The largest absolute Gasteiger partial charge is 0.460 e. The van der Waals surface area contributed by atoms with Crippen molar-refractivity contribution in [3.8, 4) is 0 Å².